The monoisotopic (exact) mass is 240 g/mol. The van der Waals surface area contributed by atoms with Gasteiger partial charge in [0.1, 0.15) is 0 Å². The second kappa shape index (κ2) is 5.03. The average molecular weight is 240 g/mol. The van der Waals surface area contributed by atoms with E-state index in [1.165, 1.54) is 24.4 Å². The largest absolute Gasteiger partial charge is 0.502 e. The predicted molar refractivity (Wildman–Crippen MR) is 62.3 cm³/mol. The lowest BCUT2D eigenvalue weighted by atomic mass is 10.2. The van der Waals surface area contributed by atoms with E-state index in [1.807, 2.05) is 0 Å². The van der Waals surface area contributed by atoms with Crippen LogP contribution < -0.4 is 11.2 Å². The Kier molecular flexibility index (Phi) is 3.72. The van der Waals surface area contributed by atoms with Gasteiger partial charge in [-0.3, -0.25) is 15.5 Å². The van der Waals surface area contributed by atoms with E-state index in [9.17, 15) is 15.2 Å². The Hall–Kier alpha value is -2.22. The Balaban J connectivity index is 2.85. The number of benzene rings is 1. The van der Waals surface area contributed by atoms with Crippen LogP contribution in [0.4, 0.5) is 5.69 Å². The zero-order valence-electron chi connectivity index (χ0n) is 7.95. The van der Waals surface area contributed by atoms with E-state index < -0.39 is 10.7 Å². The number of nitrogens with two attached hydrogens (primary N) is 1. The molecule has 0 saturated heterocycles. The molecule has 0 amide bonds. The highest BCUT2D eigenvalue weighted by Gasteiger charge is 2.11. The highest BCUT2D eigenvalue weighted by atomic mass is 32.1. The highest BCUT2D eigenvalue weighted by Crippen LogP contribution is 2.25. The summed E-state index contributed by atoms with van der Waals surface area (Å²) in [7, 11) is 0. The Morgan fingerprint density at radius 2 is 2.38 bits per heavy atom. The van der Waals surface area contributed by atoms with Crippen LogP contribution in [0.25, 0.3) is 0 Å². The first kappa shape index (κ1) is 11.9. The number of nitro benzene ring substituents is 1. The SMILES string of the molecule is NC(=S)NN=Cc1ccc([N+](=O)[O-])c(O)c1. The number of phenolic OH excluding ortho intramolecular Hbond substituents is 1. The Labute approximate surface area is 95.7 Å². The molecule has 1 aromatic rings. The van der Waals surface area contributed by atoms with Crippen LogP contribution in [0.15, 0.2) is 23.3 Å². The van der Waals surface area contributed by atoms with Gasteiger partial charge in [-0.05, 0) is 29.9 Å². The van der Waals surface area contributed by atoms with Crippen LogP contribution in [0.2, 0.25) is 0 Å². The lowest BCUT2D eigenvalue weighted by Crippen LogP contribution is -2.23. The summed E-state index contributed by atoms with van der Waals surface area (Å²) in [5, 5.41) is 23.3. The first-order chi connectivity index (χ1) is 7.50. The van der Waals surface area contributed by atoms with Crippen LogP contribution in [0.5, 0.6) is 5.75 Å². The van der Waals surface area contributed by atoms with Gasteiger partial charge in [0.15, 0.2) is 10.9 Å². The van der Waals surface area contributed by atoms with Crippen LogP contribution in [-0.2, 0) is 0 Å². The van der Waals surface area contributed by atoms with Crippen molar-refractivity contribution in [1.82, 2.24) is 5.43 Å². The summed E-state index contributed by atoms with van der Waals surface area (Å²) in [6.45, 7) is 0. The number of aromatic hydroxyl groups is 1. The number of rotatable bonds is 3. The maximum absolute atomic E-state index is 10.4. The summed E-state index contributed by atoms with van der Waals surface area (Å²) in [6.07, 6.45) is 1.32. The first-order valence-corrected chi connectivity index (χ1v) is 4.47. The minimum atomic E-state index is -0.677. The molecule has 0 spiro atoms. The van der Waals surface area contributed by atoms with Gasteiger partial charge in [-0.25, -0.2) is 0 Å². The highest BCUT2D eigenvalue weighted by molar-refractivity contribution is 7.80. The van der Waals surface area contributed by atoms with Crippen molar-refractivity contribution in [2.75, 3.05) is 0 Å². The minimum Gasteiger partial charge on any atom is -0.502 e. The van der Waals surface area contributed by atoms with E-state index >= 15 is 0 Å². The van der Waals surface area contributed by atoms with Crippen LogP contribution in [0.1, 0.15) is 5.56 Å². The summed E-state index contributed by atoms with van der Waals surface area (Å²) < 4.78 is 0. The molecule has 16 heavy (non-hydrogen) atoms. The molecule has 4 N–H and O–H groups in total. The van der Waals surface area contributed by atoms with Crippen LogP contribution in [0, 0.1) is 10.1 Å². The molecule has 0 radical (unpaired) electrons. The fraction of sp³-hybridized carbons (Fsp3) is 0. The van der Waals surface area contributed by atoms with Gasteiger partial charge in [0.05, 0.1) is 11.1 Å². The van der Waals surface area contributed by atoms with E-state index in [2.05, 4.69) is 22.7 Å². The predicted octanol–water partition coefficient (Wildman–Crippen LogP) is 0.468. The second-order valence-electron chi connectivity index (χ2n) is 2.74. The molecular weight excluding hydrogens is 232 g/mol. The molecule has 0 aliphatic carbocycles. The standard InChI is InChI=1S/C8H8N4O3S/c9-8(16)11-10-4-5-1-2-6(12(14)15)7(13)3-5/h1-4,13H,(H3,9,11,16). The summed E-state index contributed by atoms with van der Waals surface area (Å²) in [5.41, 5.74) is 7.55. The minimum absolute atomic E-state index is 0.00221. The van der Waals surface area contributed by atoms with Crippen LogP contribution in [-0.4, -0.2) is 21.4 Å². The zero-order valence-corrected chi connectivity index (χ0v) is 8.77. The van der Waals surface area contributed by atoms with Gasteiger partial charge in [-0.1, -0.05) is 0 Å². The fourth-order valence-electron chi connectivity index (χ4n) is 0.946. The van der Waals surface area contributed by atoms with Crippen molar-refractivity contribution in [2.24, 2.45) is 10.8 Å². The average Bonchev–Trinajstić information content (AvgIpc) is 2.16. The number of nitrogens with zero attached hydrogens (tertiary/aromatic N) is 2. The van der Waals surface area contributed by atoms with E-state index in [0.717, 1.165) is 0 Å². The first-order valence-electron chi connectivity index (χ1n) is 4.06. The number of hydrogen-bond acceptors (Lipinski definition) is 5. The lowest BCUT2D eigenvalue weighted by molar-refractivity contribution is -0.385. The molecule has 0 aliphatic rings. The van der Waals surface area contributed by atoms with Gasteiger partial charge in [0, 0.05) is 6.07 Å². The van der Waals surface area contributed by atoms with E-state index in [-0.39, 0.29) is 10.8 Å². The van der Waals surface area contributed by atoms with E-state index in [1.54, 1.807) is 0 Å². The third kappa shape index (κ3) is 3.17. The molecule has 0 atom stereocenters. The molecule has 0 unspecified atom stereocenters. The van der Waals surface area contributed by atoms with Crippen molar-refractivity contribution >= 4 is 29.2 Å². The third-order valence-electron chi connectivity index (χ3n) is 1.58. The maximum atomic E-state index is 10.4. The molecule has 1 rings (SSSR count). The number of nitro groups is 1. The van der Waals surface area contributed by atoms with Crippen molar-refractivity contribution in [3.05, 3.63) is 33.9 Å². The second-order valence-corrected chi connectivity index (χ2v) is 3.18. The van der Waals surface area contributed by atoms with E-state index in [4.69, 9.17) is 5.73 Å². The number of hydrazone groups is 1. The Morgan fingerprint density at radius 1 is 1.69 bits per heavy atom. The van der Waals surface area contributed by atoms with Gasteiger partial charge in [0.25, 0.3) is 0 Å². The molecule has 0 saturated carbocycles. The van der Waals surface area contributed by atoms with Crippen molar-refractivity contribution in [3.63, 3.8) is 0 Å². The van der Waals surface area contributed by atoms with Gasteiger partial charge in [0.2, 0.25) is 0 Å². The molecule has 0 bridgehead atoms. The molecule has 0 fully saturated rings. The van der Waals surface area contributed by atoms with E-state index in [0.29, 0.717) is 5.56 Å². The summed E-state index contributed by atoms with van der Waals surface area (Å²) >= 11 is 4.51. The number of hydrogen-bond donors (Lipinski definition) is 3. The van der Waals surface area contributed by atoms with Gasteiger partial charge in [-0.2, -0.15) is 5.10 Å². The van der Waals surface area contributed by atoms with Gasteiger partial charge < -0.3 is 10.8 Å². The van der Waals surface area contributed by atoms with Crippen LogP contribution >= 0.6 is 12.2 Å². The molecule has 0 aromatic heterocycles. The maximum Gasteiger partial charge on any atom is 0.310 e. The van der Waals surface area contributed by atoms with Crippen molar-refractivity contribution < 1.29 is 10.0 Å². The summed E-state index contributed by atoms with van der Waals surface area (Å²) in [4.78, 5) is 9.73. The number of phenols is 1. The third-order valence-corrected chi connectivity index (χ3v) is 1.68. The molecule has 7 nitrogen and oxygen atoms in total. The van der Waals surface area contributed by atoms with Crippen LogP contribution in [0.3, 0.4) is 0 Å². The Bertz CT molecular complexity index is 461. The summed E-state index contributed by atoms with van der Waals surface area (Å²) in [6, 6.07) is 3.82. The topological polar surface area (TPSA) is 114 Å². The zero-order chi connectivity index (χ0) is 12.1. The normalized spacial score (nSPS) is 10.2. The molecule has 84 valence electrons. The number of thiocarbonyl (C=S) groups is 1. The van der Waals surface area contributed by atoms with Gasteiger partial charge in [-0.15, -0.1) is 0 Å². The molecule has 0 aliphatic heterocycles. The summed E-state index contributed by atoms with van der Waals surface area (Å²) in [5.74, 6) is -0.427. The quantitative estimate of drug-likeness (QED) is 0.306. The molecular formula is C8H8N4O3S. The Morgan fingerprint density at radius 3 is 2.88 bits per heavy atom. The lowest BCUT2D eigenvalue weighted by Gasteiger charge is -1.97. The molecule has 8 heteroatoms. The molecule has 0 heterocycles. The fourth-order valence-corrected chi connectivity index (χ4v) is 0.998. The van der Waals surface area contributed by atoms with Crippen molar-refractivity contribution in [1.29, 1.82) is 0 Å². The smallest absolute Gasteiger partial charge is 0.310 e. The molecule has 1 aromatic carbocycles. The number of nitrogens with one attached hydrogen (secondary N) is 1. The van der Waals surface area contributed by atoms with Crippen molar-refractivity contribution in [2.45, 2.75) is 0 Å². The van der Waals surface area contributed by atoms with Crippen molar-refractivity contribution in [3.8, 4) is 5.75 Å². The van der Waals surface area contributed by atoms with Gasteiger partial charge >= 0.3 is 5.69 Å².